The standard InChI is InChI=1S/C16H10F2N2S2/c17-11-1-5-13(6-2-11)21-15-9-16(20-10-19-15)22-14-7-3-12(18)4-8-14/h1-10H. The van der Waals surface area contributed by atoms with Crippen LogP contribution in [-0.4, -0.2) is 9.97 Å². The molecule has 2 aromatic carbocycles. The number of rotatable bonds is 4. The van der Waals surface area contributed by atoms with Crippen molar-refractivity contribution in [1.82, 2.24) is 9.97 Å². The average molecular weight is 332 g/mol. The van der Waals surface area contributed by atoms with Gasteiger partial charge in [-0.25, -0.2) is 18.7 Å². The van der Waals surface area contributed by atoms with E-state index in [-0.39, 0.29) is 11.6 Å². The lowest BCUT2D eigenvalue weighted by Crippen LogP contribution is -1.86. The molecule has 0 atom stereocenters. The van der Waals surface area contributed by atoms with Crippen molar-refractivity contribution in [2.24, 2.45) is 0 Å². The first-order valence-corrected chi connectivity index (χ1v) is 8.01. The quantitative estimate of drug-likeness (QED) is 0.624. The van der Waals surface area contributed by atoms with Crippen molar-refractivity contribution in [3.05, 3.63) is 72.6 Å². The molecule has 6 heteroatoms. The summed E-state index contributed by atoms with van der Waals surface area (Å²) in [6, 6.07) is 14.3. The van der Waals surface area contributed by atoms with Gasteiger partial charge in [-0.1, -0.05) is 23.5 Å². The van der Waals surface area contributed by atoms with Crippen LogP contribution in [0.5, 0.6) is 0 Å². The lowest BCUT2D eigenvalue weighted by Gasteiger charge is -2.04. The van der Waals surface area contributed by atoms with E-state index in [1.54, 1.807) is 24.3 Å². The fraction of sp³-hybridized carbons (Fsp3) is 0. The fourth-order valence-electron chi connectivity index (χ4n) is 1.68. The molecule has 1 aromatic heterocycles. The Hall–Kier alpha value is -1.92. The van der Waals surface area contributed by atoms with Crippen LogP contribution in [0.25, 0.3) is 0 Å². The van der Waals surface area contributed by atoms with Gasteiger partial charge < -0.3 is 0 Å². The lowest BCUT2D eigenvalue weighted by atomic mass is 10.4. The summed E-state index contributed by atoms with van der Waals surface area (Å²) in [5.41, 5.74) is 0. The van der Waals surface area contributed by atoms with Crippen LogP contribution in [0.4, 0.5) is 8.78 Å². The third kappa shape index (κ3) is 4.05. The Morgan fingerprint density at radius 2 is 1.05 bits per heavy atom. The highest BCUT2D eigenvalue weighted by molar-refractivity contribution is 8.00. The summed E-state index contributed by atoms with van der Waals surface area (Å²) in [5, 5.41) is 1.54. The topological polar surface area (TPSA) is 25.8 Å². The summed E-state index contributed by atoms with van der Waals surface area (Å²) in [5.74, 6) is -0.529. The molecule has 1 heterocycles. The molecule has 0 unspecified atom stereocenters. The van der Waals surface area contributed by atoms with Gasteiger partial charge in [-0.3, -0.25) is 0 Å². The Labute approximate surface area is 135 Å². The first kappa shape index (κ1) is 15.0. The van der Waals surface area contributed by atoms with Crippen molar-refractivity contribution in [1.29, 1.82) is 0 Å². The van der Waals surface area contributed by atoms with E-state index in [0.717, 1.165) is 19.8 Å². The van der Waals surface area contributed by atoms with Gasteiger partial charge in [0.25, 0.3) is 0 Å². The van der Waals surface area contributed by atoms with Crippen LogP contribution < -0.4 is 0 Å². The average Bonchev–Trinajstić information content (AvgIpc) is 2.52. The third-order valence-electron chi connectivity index (χ3n) is 2.69. The van der Waals surface area contributed by atoms with Crippen molar-refractivity contribution in [3.63, 3.8) is 0 Å². The summed E-state index contributed by atoms with van der Waals surface area (Å²) in [4.78, 5) is 10.2. The number of nitrogens with zero attached hydrogens (tertiary/aromatic N) is 2. The molecule has 0 aliphatic heterocycles. The fourth-order valence-corrected chi connectivity index (χ4v) is 3.32. The molecule has 0 aliphatic carbocycles. The highest BCUT2D eigenvalue weighted by Crippen LogP contribution is 2.31. The molecule has 0 spiro atoms. The van der Waals surface area contributed by atoms with Crippen LogP contribution in [-0.2, 0) is 0 Å². The molecule has 3 aromatic rings. The van der Waals surface area contributed by atoms with E-state index in [4.69, 9.17) is 0 Å². The molecule has 22 heavy (non-hydrogen) atoms. The Kier molecular flexibility index (Phi) is 4.70. The molecule has 3 rings (SSSR count). The van der Waals surface area contributed by atoms with Crippen molar-refractivity contribution in [2.75, 3.05) is 0 Å². The van der Waals surface area contributed by atoms with Gasteiger partial charge in [0, 0.05) is 15.9 Å². The number of aromatic nitrogens is 2. The van der Waals surface area contributed by atoms with E-state index in [0.29, 0.717) is 0 Å². The SMILES string of the molecule is Fc1ccc(Sc2cc(Sc3ccc(F)cc3)ncn2)cc1. The Morgan fingerprint density at radius 1 is 0.636 bits per heavy atom. The molecule has 0 radical (unpaired) electrons. The van der Waals surface area contributed by atoms with Gasteiger partial charge in [-0.05, 0) is 48.5 Å². The molecule has 0 saturated heterocycles. The van der Waals surface area contributed by atoms with Crippen LogP contribution >= 0.6 is 23.5 Å². The molecular weight excluding hydrogens is 322 g/mol. The zero-order chi connectivity index (χ0) is 15.4. The minimum absolute atomic E-state index is 0.264. The molecular formula is C16H10F2N2S2. The molecule has 0 saturated carbocycles. The second-order valence-electron chi connectivity index (χ2n) is 4.31. The number of hydrogen-bond donors (Lipinski definition) is 0. The van der Waals surface area contributed by atoms with Gasteiger partial charge in [-0.2, -0.15) is 0 Å². The van der Waals surface area contributed by atoms with E-state index < -0.39 is 0 Å². The molecule has 2 nitrogen and oxygen atoms in total. The monoisotopic (exact) mass is 332 g/mol. The highest BCUT2D eigenvalue weighted by atomic mass is 32.2. The lowest BCUT2D eigenvalue weighted by molar-refractivity contribution is 0.626. The van der Waals surface area contributed by atoms with Crippen molar-refractivity contribution < 1.29 is 8.78 Å². The molecule has 0 N–H and O–H groups in total. The maximum absolute atomic E-state index is 12.9. The minimum Gasteiger partial charge on any atom is -0.230 e. The Balaban J connectivity index is 1.74. The summed E-state index contributed by atoms with van der Waals surface area (Å²) >= 11 is 2.86. The second-order valence-corrected chi connectivity index (χ2v) is 6.49. The molecule has 0 fully saturated rings. The molecule has 110 valence electrons. The minimum atomic E-state index is -0.264. The van der Waals surface area contributed by atoms with Crippen LogP contribution in [0, 0.1) is 11.6 Å². The summed E-state index contributed by atoms with van der Waals surface area (Å²) < 4.78 is 25.8. The van der Waals surface area contributed by atoms with Crippen LogP contribution in [0.15, 0.2) is 80.8 Å². The van der Waals surface area contributed by atoms with E-state index in [1.165, 1.54) is 54.1 Å². The van der Waals surface area contributed by atoms with E-state index in [9.17, 15) is 8.78 Å². The molecule has 0 amide bonds. The van der Waals surface area contributed by atoms with Crippen molar-refractivity contribution in [3.8, 4) is 0 Å². The molecule has 0 aliphatic rings. The van der Waals surface area contributed by atoms with Gasteiger partial charge in [0.1, 0.15) is 28.0 Å². The predicted molar refractivity (Wildman–Crippen MR) is 83.1 cm³/mol. The van der Waals surface area contributed by atoms with Gasteiger partial charge in [-0.15, -0.1) is 0 Å². The number of benzene rings is 2. The maximum atomic E-state index is 12.9. The van der Waals surface area contributed by atoms with E-state index in [1.807, 2.05) is 6.07 Å². The van der Waals surface area contributed by atoms with Crippen LogP contribution in [0.2, 0.25) is 0 Å². The van der Waals surface area contributed by atoms with Gasteiger partial charge in [0.15, 0.2) is 0 Å². The zero-order valence-corrected chi connectivity index (χ0v) is 12.9. The third-order valence-corrected chi connectivity index (χ3v) is 4.57. The van der Waals surface area contributed by atoms with Crippen LogP contribution in [0.3, 0.4) is 0 Å². The first-order valence-electron chi connectivity index (χ1n) is 6.38. The zero-order valence-electron chi connectivity index (χ0n) is 11.2. The van der Waals surface area contributed by atoms with Crippen LogP contribution in [0.1, 0.15) is 0 Å². The van der Waals surface area contributed by atoms with Crippen molar-refractivity contribution >= 4 is 23.5 Å². The predicted octanol–water partition coefficient (Wildman–Crippen LogP) is 5.06. The first-order chi connectivity index (χ1) is 10.7. The maximum Gasteiger partial charge on any atom is 0.123 e. The van der Waals surface area contributed by atoms with Gasteiger partial charge in [0.2, 0.25) is 0 Å². The second kappa shape index (κ2) is 6.89. The molecule has 0 bridgehead atoms. The van der Waals surface area contributed by atoms with Crippen molar-refractivity contribution in [2.45, 2.75) is 19.8 Å². The van der Waals surface area contributed by atoms with E-state index in [2.05, 4.69) is 9.97 Å². The number of hydrogen-bond acceptors (Lipinski definition) is 4. The summed E-state index contributed by atoms with van der Waals surface area (Å²) in [6.45, 7) is 0. The Bertz CT molecular complexity index is 699. The summed E-state index contributed by atoms with van der Waals surface area (Å²) in [7, 11) is 0. The largest absolute Gasteiger partial charge is 0.230 e. The Morgan fingerprint density at radius 3 is 1.45 bits per heavy atom. The number of halogens is 2. The van der Waals surface area contributed by atoms with E-state index >= 15 is 0 Å². The summed E-state index contributed by atoms with van der Waals surface area (Å²) in [6.07, 6.45) is 1.48. The smallest absolute Gasteiger partial charge is 0.123 e. The normalized spacial score (nSPS) is 10.6. The van der Waals surface area contributed by atoms with Gasteiger partial charge >= 0.3 is 0 Å². The highest BCUT2D eigenvalue weighted by Gasteiger charge is 2.04. The van der Waals surface area contributed by atoms with Gasteiger partial charge in [0.05, 0.1) is 0 Å².